The molecular formula is C16H28O3. The Hall–Kier alpha value is -1.09. The van der Waals surface area contributed by atoms with Crippen molar-refractivity contribution in [3.8, 4) is 0 Å². The van der Waals surface area contributed by atoms with E-state index in [4.69, 9.17) is 5.11 Å². The van der Waals surface area contributed by atoms with Crippen molar-refractivity contribution >= 4 is 5.97 Å². The molecule has 3 nitrogen and oxygen atoms in total. The van der Waals surface area contributed by atoms with Gasteiger partial charge in [0.15, 0.2) is 0 Å². The Labute approximate surface area is 117 Å². The number of rotatable bonds is 12. The number of hydrogen-bond acceptors (Lipinski definition) is 2. The minimum Gasteiger partial charge on any atom is -0.481 e. The summed E-state index contributed by atoms with van der Waals surface area (Å²) in [6, 6.07) is 0. The molecule has 0 aliphatic rings. The topological polar surface area (TPSA) is 57.5 Å². The highest BCUT2D eigenvalue weighted by Gasteiger charge is 2.03. The van der Waals surface area contributed by atoms with Crippen LogP contribution in [0.2, 0.25) is 0 Å². The zero-order chi connectivity index (χ0) is 14.3. The number of unbranched alkanes of at least 4 members (excludes halogenated alkanes) is 7. The zero-order valence-electron chi connectivity index (χ0n) is 12.1. The van der Waals surface area contributed by atoms with E-state index in [9.17, 15) is 9.90 Å². The highest BCUT2D eigenvalue weighted by molar-refractivity contribution is 5.67. The van der Waals surface area contributed by atoms with Gasteiger partial charge in [-0.2, -0.15) is 0 Å². The fraction of sp³-hybridized carbons (Fsp3) is 0.688. The van der Waals surface area contributed by atoms with Crippen LogP contribution >= 0.6 is 0 Å². The molecule has 0 spiro atoms. The lowest BCUT2D eigenvalue weighted by Crippen LogP contribution is -2.09. The third kappa shape index (κ3) is 14.9. The SMILES string of the molecule is CCCCCCCCC/C=C\C=C\[C@H](O)CC(=O)O. The first-order chi connectivity index (χ1) is 9.16. The minimum atomic E-state index is -0.982. The fourth-order valence-corrected chi connectivity index (χ4v) is 1.83. The van der Waals surface area contributed by atoms with Crippen molar-refractivity contribution in [2.45, 2.75) is 70.8 Å². The van der Waals surface area contributed by atoms with E-state index in [0.29, 0.717) is 0 Å². The van der Waals surface area contributed by atoms with Gasteiger partial charge >= 0.3 is 5.97 Å². The second-order valence-electron chi connectivity index (χ2n) is 4.89. The smallest absolute Gasteiger partial charge is 0.306 e. The molecule has 110 valence electrons. The average Bonchev–Trinajstić information content (AvgIpc) is 2.35. The number of aliphatic carboxylic acids is 1. The highest BCUT2D eigenvalue weighted by Crippen LogP contribution is 2.08. The Bertz CT molecular complexity index is 269. The van der Waals surface area contributed by atoms with Crippen LogP contribution in [0.1, 0.15) is 64.7 Å². The monoisotopic (exact) mass is 268 g/mol. The van der Waals surface area contributed by atoms with Crippen molar-refractivity contribution in [2.75, 3.05) is 0 Å². The molecule has 0 radical (unpaired) electrons. The van der Waals surface area contributed by atoms with Gasteiger partial charge in [0.05, 0.1) is 12.5 Å². The molecule has 0 rings (SSSR count). The van der Waals surface area contributed by atoms with Crippen LogP contribution in [0.3, 0.4) is 0 Å². The maximum atomic E-state index is 10.3. The van der Waals surface area contributed by atoms with Gasteiger partial charge in [-0.05, 0) is 12.8 Å². The first-order valence-electron chi connectivity index (χ1n) is 7.40. The quantitative estimate of drug-likeness (QED) is 0.414. The van der Waals surface area contributed by atoms with Gasteiger partial charge in [0.1, 0.15) is 0 Å². The Morgan fingerprint density at radius 2 is 1.68 bits per heavy atom. The molecule has 0 aromatic rings. The van der Waals surface area contributed by atoms with Crippen molar-refractivity contribution < 1.29 is 15.0 Å². The molecule has 0 aliphatic heterocycles. The molecule has 0 saturated carbocycles. The van der Waals surface area contributed by atoms with Crippen molar-refractivity contribution in [2.24, 2.45) is 0 Å². The molecule has 3 heteroatoms. The van der Waals surface area contributed by atoms with E-state index in [1.54, 1.807) is 6.08 Å². The summed E-state index contributed by atoms with van der Waals surface area (Å²) in [7, 11) is 0. The lowest BCUT2D eigenvalue weighted by molar-refractivity contribution is -0.138. The first kappa shape index (κ1) is 17.9. The molecule has 0 fully saturated rings. The standard InChI is InChI=1S/C16H28O3/c1-2-3-4-5-6-7-8-9-10-11-12-13-15(17)14-16(18)19/h10-13,15,17H,2-9,14H2,1H3,(H,18,19)/b11-10-,13-12+/t15-/m0/s1. The number of allylic oxidation sites excluding steroid dienone is 3. The first-order valence-corrected chi connectivity index (χ1v) is 7.40. The van der Waals surface area contributed by atoms with E-state index < -0.39 is 12.1 Å². The highest BCUT2D eigenvalue weighted by atomic mass is 16.4. The molecule has 0 unspecified atom stereocenters. The van der Waals surface area contributed by atoms with Gasteiger partial charge in [0.2, 0.25) is 0 Å². The summed E-state index contributed by atoms with van der Waals surface area (Å²) in [6.07, 6.45) is 16.2. The predicted octanol–water partition coefficient (Wildman–Crippen LogP) is 4.08. The number of aliphatic hydroxyl groups is 1. The van der Waals surface area contributed by atoms with Gasteiger partial charge in [0.25, 0.3) is 0 Å². The van der Waals surface area contributed by atoms with E-state index >= 15 is 0 Å². The molecule has 0 saturated heterocycles. The van der Waals surface area contributed by atoms with Crippen LogP contribution in [0.5, 0.6) is 0 Å². The lowest BCUT2D eigenvalue weighted by atomic mass is 10.1. The van der Waals surface area contributed by atoms with Crippen LogP contribution < -0.4 is 0 Å². The molecular weight excluding hydrogens is 240 g/mol. The molecule has 1 atom stereocenters. The Morgan fingerprint density at radius 3 is 2.32 bits per heavy atom. The summed E-state index contributed by atoms with van der Waals surface area (Å²) < 4.78 is 0. The average molecular weight is 268 g/mol. The van der Waals surface area contributed by atoms with Gasteiger partial charge in [-0.25, -0.2) is 0 Å². The zero-order valence-corrected chi connectivity index (χ0v) is 12.1. The van der Waals surface area contributed by atoms with Crippen LogP contribution in [0.25, 0.3) is 0 Å². The van der Waals surface area contributed by atoms with Crippen LogP contribution in [0, 0.1) is 0 Å². The number of carbonyl (C=O) groups is 1. The van der Waals surface area contributed by atoms with Crippen molar-refractivity contribution in [1.29, 1.82) is 0 Å². The Balaban J connectivity index is 3.38. The molecule has 0 aromatic heterocycles. The summed E-state index contributed by atoms with van der Waals surface area (Å²) in [6.45, 7) is 2.23. The van der Waals surface area contributed by atoms with E-state index in [-0.39, 0.29) is 6.42 Å². The molecule has 0 bridgehead atoms. The van der Waals surface area contributed by atoms with Gasteiger partial charge in [-0.15, -0.1) is 0 Å². The second-order valence-corrected chi connectivity index (χ2v) is 4.89. The van der Waals surface area contributed by atoms with Crippen LogP contribution in [0.15, 0.2) is 24.3 Å². The summed E-state index contributed by atoms with van der Waals surface area (Å²) >= 11 is 0. The van der Waals surface area contributed by atoms with Crippen LogP contribution in [0.4, 0.5) is 0 Å². The normalized spacial score (nSPS) is 13.4. The lowest BCUT2D eigenvalue weighted by Gasteiger charge is -1.99. The minimum absolute atomic E-state index is 0.234. The fourth-order valence-electron chi connectivity index (χ4n) is 1.83. The molecule has 0 amide bonds. The summed E-state index contributed by atoms with van der Waals surface area (Å²) in [4.78, 5) is 10.3. The van der Waals surface area contributed by atoms with Crippen molar-refractivity contribution in [3.63, 3.8) is 0 Å². The maximum absolute atomic E-state index is 10.3. The second kappa shape index (κ2) is 13.3. The van der Waals surface area contributed by atoms with Crippen LogP contribution in [-0.2, 0) is 4.79 Å². The molecule has 0 heterocycles. The van der Waals surface area contributed by atoms with Gasteiger partial charge in [-0.3, -0.25) is 4.79 Å². The Morgan fingerprint density at radius 1 is 1.05 bits per heavy atom. The number of aliphatic hydroxyl groups excluding tert-OH is 1. The molecule has 19 heavy (non-hydrogen) atoms. The number of hydrogen-bond donors (Lipinski definition) is 2. The summed E-state index contributed by atoms with van der Waals surface area (Å²) in [5.74, 6) is -0.982. The van der Waals surface area contributed by atoms with Gasteiger partial charge in [0, 0.05) is 0 Å². The largest absolute Gasteiger partial charge is 0.481 e. The van der Waals surface area contributed by atoms with E-state index in [2.05, 4.69) is 13.0 Å². The van der Waals surface area contributed by atoms with E-state index in [1.807, 2.05) is 6.08 Å². The maximum Gasteiger partial charge on any atom is 0.306 e. The molecule has 0 aliphatic carbocycles. The van der Waals surface area contributed by atoms with Gasteiger partial charge < -0.3 is 10.2 Å². The van der Waals surface area contributed by atoms with E-state index in [1.165, 1.54) is 51.0 Å². The predicted molar refractivity (Wildman–Crippen MR) is 79.1 cm³/mol. The van der Waals surface area contributed by atoms with E-state index in [0.717, 1.165) is 6.42 Å². The number of carboxylic acids is 1. The van der Waals surface area contributed by atoms with Gasteiger partial charge in [-0.1, -0.05) is 69.8 Å². The third-order valence-corrected chi connectivity index (χ3v) is 2.94. The third-order valence-electron chi connectivity index (χ3n) is 2.94. The summed E-state index contributed by atoms with van der Waals surface area (Å²) in [5, 5.41) is 17.7. The molecule has 0 aromatic carbocycles. The number of carboxylic acid groups (broad SMARTS) is 1. The molecule has 2 N–H and O–H groups in total. The summed E-state index contributed by atoms with van der Waals surface area (Å²) in [5.41, 5.74) is 0. The Kier molecular flexibility index (Phi) is 12.6. The van der Waals surface area contributed by atoms with Crippen LogP contribution in [-0.4, -0.2) is 22.3 Å². The van der Waals surface area contributed by atoms with Crippen molar-refractivity contribution in [3.05, 3.63) is 24.3 Å². The van der Waals surface area contributed by atoms with Crippen molar-refractivity contribution in [1.82, 2.24) is 0 Å².